The van der Waals surface area contributed by atoms with Crippen LogP contribution in [0.1, 0.15) is 5.56 Å². The van der Waals surface area contributed by atoms with Crippen LogP contribution in [0.3, 0.4) is 0 Å². The van der Waals surface area contributed by atoms with Crippen molar-refractivity contribution in [1.82, 2.24) is 9.78 Å². The zero-order chi connectivity index (χ0) is 8.43. The van der Waals surface area contributed by atoms with E-state index in [0.717, 1.165) is 4.68 Å². The van der Waals surface area contributed by atoms with Gasteiger partial charge in [-0.25, -0.2) is 4.68 Å². The van der Waals surface area contributed by atoms with Gasteiger partial charge >= 0.3 is 0 Å². The van der Waals surface area contributed by atoms with Crippen molar-refractivity contribution in [1.29, 1.82) is 0 Å². The summed E-state index contributed by atoms with van der Waals surface area (Å²) < 4.78 is 1.12. The number of hydrogen-bond donors (Lipinski definition) is 1. The number of aryl methyl sites for hydroxylation is 1. The fourth-order valence-electron chi connectivity index (χ4n) is 0.708. The van der Waals surface area contributed by atoms with Gasteiger partial charge in [-0.3, -0.25) is 4.79 Å². The van der Waals surface area contributed by atoms with E-state index < -0.39 is 0 Å². The van der Waals surface area contributed by atoms with Gasteiger partial charge in [0.15, 0.2) is 0 Å². The van der Waals surface area contributed by atoms with Crippen LogP contribution >= 0.6 is 11.6 Å². The lowest BCUT2D eigenvalue weighted by atomic mass is 10.3. The van der Waals surface area contributed by atoms with E-state index in [1.165, 1.54) is 13.2 Å². The monoisotopic (exact) mass is 174 g/mol. The molecule has 1 N–H and O–H groups in total. The third-order valence-corrected chi connectivity index (χ3v) is 1.67. The molecule has 0 saturated carbocycles. The number of aromatic nitrogens is 2. The van der Waals surface area contributed by atoms with Crippen LogP contribution in [0.4, 0.5) is 0 Å². The first-order valence-electron chi connectivity index (χ1n) is 2.98. The summed E-state index contributed by atoms with van der Waals surface area (Å²) >= 11 is 5.57. The van der Waals surface area contributed by atoms with E-state index in [9.17, 15) is 4.79 Å². The first kappa shape index (κ1) is 8.23. The Morgan fingerprint density at radius 1 is 1.82 bits per heavy atom. The molecule has 0 amide bonds. The highest BCUT2D eigenvalue weighted by molar-refractivity contribution is 6.31. The summed E-state index contributed by atoms with van der Waals surface area (Å²) in [5.74, 6) is 0. The number of rotatable bonds is 1. The average Bonchev–Trinajstić information content (AvgIpc) is 1.99. The molecule has 0 aliphatic rings. The molecule has 1 aromatic rings. The molecule has 0 aromatic carbocycles. The number of hydrogen-bond acceptors (Lipinski definition) is 3. The minimum atomic E-state index is -0.361. The lowest BCUT2D eigenvalue weighted by Crippen LogP contribution is -2.23. The smallest absolute Gasteiger partial charge is 0.273 e. The Morgan fingerprint density at radius 3 is 2.91 bits per heavy atom. The van der Waals surface area contributed by atoms with E-state index in [1.54, 1.807) is 0 Å². The van der Waals surface area contributed by atoms with E-state index in [2.05, 4.69) is 5.10 Å². The number of aliphatic hydroxyl groups is 1. The predicted octanol–water partition coefficient (Wildman–Crippen LogP) is -0.0740. The molecule has 60 valence electrons. The van der Waals surface area contributed by atoms with Crippen molar-refractivity contribution in [3.63, 3.8) is 0 Å². The van der Waals surface area contributed by atoms with Gasteiger partial charge in [0.05, 0.1) is 23.4 Å². The van der Waals surface area contributed by atoms with Crippen molar-refractivity contribution in [3.05, 3.63) is 27.1 Å². The Kier molecular flexibility index (Phi) is 2.26. The quantitative estimate of drug-likeness (QED) is 0.648. The van der Waals surface area contributed by atoms with Crippen LogP contribution in [0.2, 0.25) is 5.02 Å². The summed E-state index contributed by atoms with van der Waals surface area (Å²) in [5, 5.41) is 12.6. The lowest BCUT2D eigenvalue weighted by Gasteiger charge is -2.00. The Bertz CT molecular complexity index is 321. The molecule has 11 heavy (non-hydrogen) atoms. The SMILES string of the molecule is Cn1ncc(Cl)c(CO)c1=O. The van der Waals surface area contributed by atoms with Crippen molar-refractivity contribution in [2.75, 3.05) is 0 Å². The zero-order valence-electron chi connectivity index (χ0n) is 5.91. The average molecular weight is 175 g/mol. The maximum atomic E-state index is 11.1. The highest BCUT2D eigenvalue weighted by atomic mass is 35.5. The number of halogens is 1. The van der Waals surface area contributed by atoms with Crippen molar-refractivity contribution in [2.24, 2.45) is 7.05 Å². The molecule has 0 aliphatic heterocycles. The summed E-state index contributed by atoms with van der Waals surface area (Å²) in [6, 6.07) is 0. The zero-order valence-corrected chi connectivity index (χ0v) is 6.67. The maximum absolute atomic E-state index is 11.1. The minimum Gasteiger partial charge on any atom is -0.391 e. The molecule has 0 atom stereocenters. The van der Waals surface area contributed by atoms with Crippen LogP contribution < -0.4 is 5.56 Å². The van der Waals surface area contributed by atoms with Gasteiger partial charge in [-0.15, -0.1) is 0 Å². The first-order chi connectivity index (χ1) is 5.16. The molecule has 0 radical (unpaired) electrons. The molecule has 0 spiro atoms. The summed E-state index contributed by atoms with van der Waals surface area (Å²) in [6.45, 7) is -0.353. The second-order valence-electron chi connectivity index (χ2n) is 2.06. The summed E-state index contributed by atoms with van der Waals surface area (Å²) in [4.78, 5) is 11.1. The maximum Gasteiger partial charge on any atom is 0.273 e. The second-order valence-corrected chi connectivity index (χ2v) is 2.47. The Morgan fingerprint density at radius 2 is 2.45 bits per heavy atom. The fourth-order valence-corrected chi connectivity index (χ4v) is 0.893. The fraction of sp³-hybridized carbons (Fsp3) is 0.333. The molecule has 0 bridgehead atoms. The molecule has 1 rings (SSSR count). The number of aliphatic hydroxyl groups excluding tert-OH is 1. The van der Waals surface area contributed by atoms with Crippen molar-refractivity contribution in [3.8, 4) is 0 Å². The van der Waals surface area contributed by atoms with E-state index in [-0.39, 0.29) is 22.8 Å². The molecule has 1 aromatic heterocycles. The Labute approximate surface area is 68.0 Å². The minimum absolute atomic E-state index is 0.184. The van der Waals surface area contributed by atoms with Gasteiger partial charge < -0.3 is 5.11 Å². The molecule has 0 aliphatic carbocycles. The predicted molar refractivity (Wildman–Crippen MR) is 40.4 cm³/mol. The first-order valence-corrected chi connectivity index (χ1v) is 3.36. The van der Waals surface area contributed by atoms with Crippen LogP contribution in [-0.4, -0.2) is 14.9 Å². The summed E-state index contributed by atoms with van der Waals surface area (Å²) in [7, 11) is 1.50. The van der Waals surface area contributed by atoms with Gasteiger partial charge in [0.2, 0.25) is 0 Å². The molecular weight excluding hydrogens is 168 g/mol. The highest BCUT2D eigenvalue weighted by Crippen LogP contribution is 2.08. The molecule has 0 fully saturated rings. The van der Waals surface area contributed by atoms with Gasteiger partial charge in [-0.2, -0.15) is 5.10 Å². The number of nitrogens with zero attached hydrogens (tertiary/aromatic N) is 2. The molecule has 4 nitrogen and oxygen atoms in total. The van der Waals surface area contributed by atoms with Gasteiger partial charge in [0.1, 0.15) is 0 Å². The molecular formula is C6H7ClN2O2. The summed E-state index contributed by atoms with van der Waals surface area (Å²) in [6.07, 6.45) is 1.33. The highest BCUT2D eigenvalue weighted by Gasteiger charge is 2.05. The van der Waals surface area contributed by atoms with Crippen LogP contribution in [0.5, 0.6) is 0 Å². The van der Waals surface area contributed by atoms with E-state index in [0.29, 0.717) is 0 Å². The topological polar surface area (TPSA) is 55.1 Å². The van der Waals surface area contributed by atoms with E-state index >= 15 is 0 Å². The normalized spacial score (nSPS) is 10.1. The van der Waals surface area contributed by atoms with Crippen LogP contribution in [0.25, 0.3) is 0 Å². The lowest BCUT2D eigenvalue weighted by molar-refractivity contribution is 0.279. The molecule has 5 heteroatoms. The molecule has 0 unspecified atom stereocenters. The van der Waals surface area contributed by atoms with Gasteiger partial charge in [-0.05, 0) is 0 Å². The third kappa shape index (κ3) is 1.41. The summed E-state index contributed by atoms with van der Waals surface area (Å²) in [5.41, 5.74) is -0.177. The van der Waals surface area contributed by atoms with Crippen molar-refractivity contribution in [2.45, 2.75) is 6.61 Å². The van der Waals surface area contributed by atoms with E-state index in [1.807, 2.05) is 0 Å². The largest absolute Gasteiger partial charge is 0.391 e. The van der Waals surface area contributed by atoms with E-state index in [4.69, 9.17) is 16.7 Å². The Balaban J connectivity index is 3.41. The standard InChI is InChI=1S/C6H7ClN2O2/c1-9-6(11)4(3-10)5(7)2-8-9/h2,10H,3H2,1H3. The van der Waals surface area contributed by atoms with Crippen LogP contribution in [0, 0.1) is 0 Å². The Hall–Kier alpha value is -0.870. The van der Waals surface area contributed by atoms with Gasteiger partial charge in [0.25, 0.3) is 5.56 Å². The van der Waals surface area contributed by atoms with Crippen LogP contribution in [0.15, 0.2) is 11.0 Å². The molecule has 0 saturated heterocycles. The van der Waals surface area contributed by atoms with Gasteiger partial charge in [0, 0.05) is 7.05 Å². The van der Waals surface area contributed by atoms with Crippen molar-refractivity contribution < 1.29 is 5.11 Å². The van der Waals surface area contributed by atoms with Gasteiger partial charge in [-0.1, -0.05) is 11.6 Å². The second kappa shape index (κ2) is 3.02. The van der Waals surface area contributed by atoms with Crippen LogP contribution in [-0.2, 0) is 13.7 Å². The van der Waals surface area contributed by atoms with Crippen molar-refractivity contribution >= 4 is 11.6 Å². The third-order valence-electron chi connectivity index (χ3n) is 1.34. The molecule has 1 heterocycles.